The molecule has 4 heteroatoms. The van der Waals surface area contributed by atoms with Crippen molar-refractivity contribution in [2.45, 2.75) is 32.7 Å². The van der Waals surface area contributed by atoms with Gasteiger partial charge in [-0.15, -0.1) is 0 Å². The minimum absolute atomic E-state index is 0.370. The summed E-state index contributed by atoms with van der Waals surface area (Å²) in [5.74, 6) is 3.14. The number of thioether (sulfide) groups is 1. The van der Waals surface area contributed by atoms with E-state index in [1.165, 1.54) is 24.3 Å². The van der Waals surface area contributed by atoms with Crippen molar-refractivity contribution >= 4 is 17.7 Å². The second kappa shape index (κ2) is 4.24. The molecule has 0 aromatic heterocycles. The van der Waals surface area contributed by atoms with Crippen LogP contribution in [0.2, 0.25) is 0 Å². The van der Waals surface area contributed by atoms with Crippen molar-refractivity contribution in [2.75, 3.05) is 24.6 Å². The highest BCUT2D eigenvalue weighted by molar-refractivity contribution is 7.99. The van der Waals surface area contributed by atoms with E-state index in [1.54, 1.807) is 0 Å². The topological polar surface area (TPSA) is 41.6 Å². The van der Waals surface area contributed by atoms with E-state index in [9.17, 15) is 0 Å². The quantitative estimate of drug-likeness (QED) is 0.546. The Balaban J connectivity index is 1.94. The van der Waals surface area contributed by atoms with Gasteiger partial charge in [-0.25, -0.2) is 4.99 Å². The number of guanidine groups is 1. The highest BCUT2D eigenvalue weighted by Gasteiger charge is 2.38. The first-order valence-electron chi connectivity index (χ1n) is 5.75. The van der Waals surface area contributed by atoms with E-state index in [0.29, 0.717) is 11.5 Å². The van der Waals surface area contributed by atoms with Crippen LogP contribution in [0.15, 0.2) is 4.99 Å². The molecule has 1 aliphatic carbocycles. The molecule has 0 aromatic rings. The van der Waals surface area contributed by atoms with Crippen molar-refractivity contribution in [1.29, 1.82) is 0 Å². The van der Waals surface area contributed by atoms with Gasteiger partial charge in [-0.3, -0.25) is 0 Å². The van der Waals surface area contributed by atoms with Crippen molar-refractivity contribution < 1.29 is 0 Å². The highest BCUT2D eigenvalue weighted by Crippen LogP contribution is 2.42. The fourth-order valence-corrected chi connectivity index (χ4v) is 3.03. The van der Waals surface area contributed by atoms with Crippen LogP contribution in [0.3, 0.4) is 0 Å². The second-order valence-corrected chi connectivity index (χ2v) is 6.35. The molecular weight excluding hydrogens is 206 g/mol. The van der Waals surface area contributed by atoms with Crippen molar-refractivity contribution in [3.05, 3.63) is 0 Å². The lowest BCUT2D eigenvalue weighted by Gasteiger charge is -2.42. The molecule has 1 heterocycles. The van der Waals surface area contributed by atoms with Crippen molar-refractivity contribution in [2.24, 2.45) is 16.1 Å². The normalized spacial score (nSPS) is 31.2. The van der Waals surface area contributed by atoms with Crippen LogP contribution in [-0.4, -0.2) is 41.5 Å². The van der Waals surface area contributed by atoms with Gasteiger partial charge in [-0.05, 0) is 18.3 Å². The Morgan fingerprint density at radius 2 is 2.07 bits per heavy atom. The maximum Gasteiger partial charge on any atom is 0.191 e. The molecule has 1 atom stereocenters. The minimum atomic E-state index is 0.370. The van der Waals surface area contributed by atoms with Crippen LogP contribution in [0.1, 0.15) is 26.7 Å². The molecule has 1 saturated carbocycles. The molecule has 15 heavy (non-hydrogen) atoms. The molecule has 2 aliphatic rings. The molecule has 2 fully saturated rings. The molecular formula is C11H21N3S. The molecule has 0 radical (unpaired) electrons. The Bertz CT molecular complexity index is 257. The van der Waals surface area contributed by atoms with Gasteiger partial charge in [-0.2, -0.15) is 11.8 Å². The number of rotatable bonds is 1. The van der Waals surface area contributed by atoms with Crippen LogP contribution in [0.5, 0.6) is 0 Å². The fourth-order valence-electron chi connectivity index (χ4n) is 2.12. The molecule has 0 bridgehead atoms. The molecule has 3 nitrogen and oxygen atoms in total. The maximum absolute atomic E-state index is 6.05. The van der Waals surface area contributed by atoms with Crippen molar-refractivity contribution in [3.63, 3.8) is 0 Å². The summed E-state index contributed by atoms with van der Waals surface area (Å²) in [6.07, 6.45) is 2.49. The molecule has 1 aliphatic heterocycles. The second-order valence-electron chi connectivity index (χ2n) is 5.13. The Morgan fingerprint density at radius 1 is 1.40 bits per heavy atom. The third-order valence-electron chi connectivity index (χ3n) is 3.59. The summed E-state index contributed by atoms with van der Waals surface area (Å²) in [7, 11) is 0. The molecule has 1 saturated heterocycles. The van der Waals surface area contributed by atoms with E-state index in [4.69, 9.17) is 5.73 Å². The molecule has 0 aromatic carbocycles. The Hall–Kier alpha value is -0.380. The van der Waals surface area contributed by atoms with Gasteiger partial charge in [0.15, 0.2) is 5.96 Å². The summed E-state index contributed by atoms with van der Waals surface area (Å²) in [6, 6.07) is 0.451. The van der Waals surface area contributed by atoms with Crippen LogP contribution >= 0.6 is 11.8 Å². The zero-order valence-electron chi connectivity index (χ0n) is 9.70. The first-order chi connectivity index (χ1) is 7.09. The SMILES string of the molecule is CC1(C)CCC1N=C(N)N1CCSCC1. The largest absolute Gasteiger partial charge is 0.370 e. The molecule has 0 spiro atoms. The molecule has 0 amide bonds. The van der Waals surface area contributed by atoms with E-state index < -0.39 is 0 Å². The minimum Gasteiger partial charge on any atom is -0.370 e. The third-order valence-corrected chi connectivity index (χ3v) is 4.53. The van der Waals surface area contributed by atoms with Gasteiger partial charge < -0.3 is 10.6 Å². The average molecular weight is 227 g/mol. The van der Waals surface area contributed by atoms with Crippen LogP contribution in [0, 0.1) is 5.41 Å². The first-order valence-corrected chi connectivity index (χ1v) is 6.91. The number of nitrogens with two attached hydrogens (primary N) is 1. The van der Waals surface area contributed by atoms with Crippen LogP contribution < -0.4 is 5.73 Å². The van der Waals surface area contributed by atoms with E-state index in [0.717, 1.165) is 19.0 Å². The van der Waals surface area contributed by atoms with Crippen molar-refractivity contribution in [3.8, 4) is 0 Å². The lowest BCUT2D eigenvalue weighted by molar-refractivity contribution is 0.144. The Labute approximate surface area is 96.5 Å². The monoisotopic (exact) mass is 227 g/mol. The Kier molecular flexibility index (Phi) is 3.14. The maximum atomic E-state index is 6.05. The summed E-state index contributed by atoms with van der Waals surface area (Å²) < 4.78 is 0. The molecule has 86 valence electrons. The van der Waals surface area contributed by atoms with Gasteiger partial charge in [0, 0.05) is 24.6 Å². The standard InChI is InChI=1S/C11H21N3S/c1-11(2)4-3-9(11)13-10(12)14-5-7-15-8-6-14/h9H,3-8H2,1-2H3,(H2,12,13). The number of hydrogen-bond acceptors (Lipinski definition) is 2. The molecule has 2 rings (SSSR count). The lowest BCUT2D eigenvalue weighted by atomic mass is 9.68. The van der Waals surface area contributed by atoms with E-state index in [-0.39, 0.29) is 0 Å². The van der Waals surface area contributed by atoms with E-state index in [1.807, 2.05) is 11.8 Å². The van der Waals surface area contributed by atoms with Crippen LogP contribution in [-0.2, 0) is 0 Å². The third kappa shape index (κ3) is 2.41. The van der Waals surface area contributed by atoms with Crippen LogP contribution in [0.25, 0.3) is 0 Å². The van der Waals surface area contributed by atoms with Crippen LogP contribution in [0.4, 0.5) is 0 Å². The molecule has 1 unspecified atom stereocenters. The first kappa shape index (κ1) is 11.1. The average Bonchev–Trinajstić information content (AvgIpc) is 2.25. The number of aliphatic imine (C=N–C) groups is 1. The Morgan fingerprint density at radius 3 is 2.53 bits per heavy atom. The summed E-state index contributed by atoms with van der Waals surface area (Å²) >= 11 is 2.00. The zero-order valence-corrected chi connectivity index (χ0v) is 10.5. The number of nitrogens with zero attached hydrogens (tertiary/aromatic N) is 2. The molecule has 2 N–H and O–H groups in total. The van der Waals surface area contributed by atoms with E-state index >= 15 is 0 Å². The van der Waals surface area contributed by atoms with Gasteiger partial charge in [-0.1, -0.05) is 13.8 Å². The zero-order chi connectivity index (χ0) is 10.9. The van der Waals surface area contributed by atoms with Crippen molar-refractivity contribution in [1.82, 2.24) is 4.90 Å². The summed E-state index contributed by atoms with van der Waals surface area (Å²) in [5, 5.41) is 0. The van der Waals surface area contributed by atoms with Gasteiger partial charge >= 0.3 is 0 Å². The predicted molar refractivity (Wildman–Crippen MR) is 67.3 cm³/mol. The summed E-state index contributed by atoms with van der Waals surface area (Å²) in [4.78, 5) is 6.90. The van der Waals surface area contributed by atoms with Gasteiger partial charge in [0.25, 0.3) is 0 Å². The highest BCUT2D eigenvalue weighted by atomic mass is 32.2. The lowest BCUT2D eigenvalue weighted by Crippen LogP contribution is -2.46. The summed E-state index contributed by atoms with van der Waals surface area (Å²) in [5.41, 5.74) is 6.42. The van der Waals surface area contributed by atoms with E-state index in [2.05, 4.69) is 23.7 Å². The van der Waals surface area contributed by atoms with Gasteiger partial charge in [0.1, 0.15) is 0 Å². The predicted octanol–water partition coefficient (Wildman–Crippen LogP) is 1.54. The summed E-state index contributed by atoms with van der Waals surface area (Å²) in [6.45, 7) is 6.69. The smallest absolute Gasteiger partial charge is 0.191 e. The number of hydrogen-bond donors (Lipinski definition) is 1. The van der Waals surface area contributed by atoms with Gasteiger partial charge in [0.05, 0.1) is 6.04 Å². The fraction of sp³-hybridized carbons (Fsp3) is 0.909. The van der Waals surface area contributed by atoms with Gasteiger partial charge in [0.2, 0.25) is 0 Å².